The van der Waals surface area contributed by atoms with Gasteiger partial charge < -0.3 is 19.7 Å². The van der Waals surface area contributed by atoms with Crippen molar-refractivity contribution < 1.29 is 19.1 Å². The zero-order valence-electron chi connectivity index (χ0n) is 16.8. The van der Waals surface area contributed by atoms with Crippen molar-refractivity contribution in [3.8, 4) is 5.75 Å². The van der Waals surface area contributed by atoms with Crippen molar-refractivity contribution in [2.24, 2.45) is 0 Å². The lowest BCUT2D eigenvalue weighted by atomic mass is 10.0. The van der Waals surface area contributed by atoms with Crippen molar-refractivity contribution in [2.75, 3.05) is 33.4 Å². The molecule has 1 amide bonds. The number of amides is 1. The zero-order chi connectivity index (χ0) is 20.5. The highest BCUT2D eigenvalue weighted by Crippen LogP contribution is 2.19. The first-order chi connectivity index (χ1) is 14.2. The molecule has 6 nitrogen and oxygen atoms in total. The minimum atomic E-state index is -0.389. The monoisotopic (exact) mass is 396 g/mol. The number of piperidine rings is 1. The minimum Gasteiger partial charge on any atom is -0.493 e. The van der Waals surface area contributed by atoms with Crippen molar-refractivity contribution in [2.45, 2.75) is 25.3 Å². The van der Waals surface area contributed by atoms with E-state index in [2.05, 4.69) is 10.2 Å². The van der Waals surface area contributed by atoms with Crippen molar-refractivity contribution in [3.63, 3.8) is 0 Å². The number of benzene rings is 2. The summed E-state index contributed by atoms with van der Waals surface area (Å²) in [6.45, 7) is 3.38. The summed E-state index contributed by atoms with van der Waals surface area (Å²) in [5.74, 6) is 0.170. The maximum atomic E-state index is 12.3. The third-order valence-electron chi connectivity index (χ3n) is 5.13. The lowest BCUT2D eigenvalue weighted by molar-refractivity contribution is 0.0595. The molecular formula is C23H28N2O4. The Morgan fingerprint density at radius 2 is 1.72 bits per heavy atom. The Labute approximate surface area is 171 Å². The number of carbonyl (C=O) groups is 2. The molecule has 2 aromatic carbocycles. The largest absolute Gasteiger partial charge is 0.493 e. The number of nitrogens with zero attached hydrogens (tertiary/aromatic N) is 1. The van der Waals surface area contributed by atoms with Crippen LogP contribution >= 0.6 is 0 Å². The number of carbonyl (C=O) groups excluding carboxylic acids is 2. The van der Waals surface area contributed by atoms with E-state index in [1.807, 2.05) is 36.4 Å². The Hall–Kier alpha value is -2.86. The van der Waals surface area contributed by atoms with Crippen molar-refractivity contribution >= 4 is 11.9 Å². The molecule has 2 aromatic rings. The van der Waals surface area contributed by atoms with Gasteiger partial charge in [-0.15, -0.1) is 0 Å². The van der Waals surface area contributed by atoms with Crippen LogP contribution in [0.25, 0.3) is 0 Å². The van der Waals surface area contributed by atoms with E-state index >= 15 is 0 Å². The number of nitrogens with one attached hydrogen (secondary N) is 1. The van der Waals surface area contributed by atoms with Gasteiger partial charge in [-0.05, 0) is 43.5 Å². The lowest BCUT2D eigenvalue weighted by Crippen LogP contribution is -2.45. The number of methoxy groups -OCH3 is 1. The molecule has 1 heterocycles. The fourth-order valence-corrected chi connectivity index (χ4v) is 3.50. The fourth-order valence-electron chi connectivity index (χ4n) is 3.50. The number of hydrogen-bond donors (Lipinski definition) is 1. The normalized spacial score (nSPS) is 14.9. The van der Waals surface area contributed by atoms with Crippen LogP contribution in [0.1, 0.15) is 40.0 Å². The van der Waals surface area contributed by atoms with Gasteiger partial charge in [0.05, 0.1) is 13.7 Å². The van der Waals surface area contributed by atoms with Gasteiger partial charge in [0.1, 0.15) is 11.3 Å². The second kappa shape index (κ2) is 10.6. The van der Waals surface area contributed by atoms with E-state index in [0.717, 1.165) is 38.9 Å². The van der Waals surface area contributed by atoms with Gasteiger partial charge in [0, 0.05) is 31.2 Å². The van der Waals surface area contributed by atoms with E-state index in [9.17, 15) is 9.59 Å². The van der Waals surface area contributed by atoms with E-state index < -0.39 is 0 Å². The Bertz CT molecular complexity index is 802. The lowest BCUT2D eigenvalue weighted by Gasteiger charge is -2.32. The molecule has 0 bridgehead atoms. The molecule has 1 aliphatic heterocycles. The molecule has 1 aliphatic rings. The minimum absolute atomic E-state index is 0.00159. The van der Waals surface area contributed by atoms with Crippen LogP contribution in [0.5, 0.6) is 5.75 Å². The summed E-state index contributed by atoms with van der Waals surface area (Å²) in [7, 11) is 1.37. The van der Waals surface area contributed by atoms with Gasteiger partial charge in [-0.25, -0.2) is 4.79 Å². The molecule has 0 atom stereocenters. The predicted molar refractivity (Wildman–Crippen MR) is 111 cm³/mol. The number of para-hydroxylation sites is 1. The summed E-state index contributed by atoms with van der Waals surface area (Å²) in [5.41, 5.74) is 1.16. The van der Waals surface area contributed by atoms with Gasteiger partial charge in [-0.3, -0.25) is 4.79 Å². The van der Waals surface area contributed by atoms with E-state index in [0.29, 0.717) is 23.5 Å². The maximum Gasteiger partial charge on any atom is 0.341 e. The van der Waals surface area contributed by atoms with Crippen molar-refractivity contribution in [1.29, 1.82) is 0 Å². The molecule has 0 unspecified atom stereocenters. The molecule has 0 radical (unpaired) electrons. The average Bonchev–Trinajstić information content (AvgIpc) is 2.78. The Morgan fingerprint density at radius 3 is 2.45 bits per heavy atom. The average molecular weight is 396 g/mol. The van der Waals surface area contributed by atoms with Gasteiger partial charge >= 0.3 is 5.97 Å². The first-order valence-corrected chi connectivity index (χ1v) is 10.1. The van der Waals surface area contributed by atoms with Crippen molar-refractivity contribution in [3.05, 3.63) is 65.7 Å². The van der Waals surface area contributed by atoms with E-state index in [-0.39, 0.29) is 17.9 Å². The summed E-state index contributed by atoms with van der Waals surface area (Å²) < 4.78 is 10.6. The van der Waals surface area contributed by atoms with Crippen LogP contribution in [0.2, 0.25) is 0 Å². The van der Waals surface area contributed by atoms with E-state index in [1.54, 1.807) is 18.2 Å². The molecule has 0 aliphatic carbocycles. The zero-order valence-corrected chi connectivity index (χ0v) is 16.8. The first-order valence-electron chi connectivity index (χ1n) is 10.1. The predicted octanol–water partition coefficient (Wildman–Crippen LogP) is 3.14. The number of likely N-dealkylation sites (tertiary alicyclic amines) is 1. The van der Waals surface area contributed by atoms with E-state index in [1.165, 1.54) is 7.11 Å². The molecule has 29 heavy (non-hydrogen) atoms. The van der Waals surface area contributed by atoms with Crippen molar-refractivity contribution in [1.82, 2.24) is 10.2 Å². The Balaban J connectivity index is 1.36. The topological polar surface area (TPSA) is 67.9 Å². The second-order valence-corrected chi connectivity index (χ2v) is 7.15. The summed E-state index contributed by atoms with van der Waals surface area (Å²) in [6, 6.07) is 16.7. The van der Waals surface area contributed by atoms with Crippen LogP contribution in [0.15, 0.2) is 54.6 Å². The number of hydrogen-bond acceptors (Lipinski definition) is 5. The Morgan fingerprint density at radius 1 is 1.03 bits per heavy atom. The molecule has 1 fully saturated rings. The van der Waals surface area contributed by atoms with Crippen LogP contribution in [0.4, 0.5) is 0 Å². The maximum absolute atomic E-state index is 12.3. The van der Waals surface area contributed by atoms with Gasteiger partial charge in [-0.1, -0.05) is 30.3 Å². The fraction of sp³-hybridized carbons (Fsp3) is 0.391. The quantitative estimate of drug-likeness (QED) is 0.548. The molecular weight excluding hydrogens is 368 g/mol. The molecule has 154 valence electrons. The summed E-state index contributed by atoms with van der Waals surface area (Å²) >= 11 is 0. The third-order valence-corrected chi connectivity index (χ3v) is 5.13. The van der Waals surface area contributed by atoms with Gasteiger partial charge in [0.25, 0.3) is 5.91 Å². The SMILES string of the molecule is COC(=O)c1ccccc1OCCCN1CCC(NC(=O)c2ccccc2)CC1. The number of esters is 1. The molecule has 1 saturated heterocycles. The molecule has 3 rings (SSSR count). The number of ether oxygens (including phenoxy) is 2. The molecule has 6 heteroatoms. The van der Waals surface area contributed by atoms with Gasteiger partial charge in [0.15, 0.2) is 0 Å². The summed E-state index contributed by atoms with van der Waals surface area (Å²) in [4.78, 5) is 26.4. The van der Waals surface area contributed by atoms with Gasteiger partial charge in [0.2, 0.25) is 0 Å². The van der Waals surface area contributed by atoms with Crippen LogP contribution in [-0.2, 0) is 4.74 Å². The highest BCUT2D eigenvalue weighted by Gasteiger charge is 2.21. The van der Waals surface area contributed by atoms with Crippen LogP contribution in [0, 0.1) is 0 Å². The second-order valence-electron chi connectivity index (χ2n) is 7.15. The molecule has 0 aromatic heterocycles. The smallest absolute Gasteiger partial charge is 0.341 e. The van der Waals surface area contributed by atoms with Gasteiger partial charge in [-0.2, -0.15) is 0 Å². The standard InChI is InChI=1S/C23H28N2O4/c1-28-23(27)20-10-5-6-11-21(20)29-17-7-14-25-15-12-19(13-16-25)24-22(26)18-8-3-2-4-9-18/h2-6,8-11,19H,7,12-17H2,1H3,(H,24,26). The third kappa shape index (κ3) is 6.06. The molecule has 1 N–H and O–H groups in total. The van der Waals surface area contributed by atoms with Crippen LogP contribution in [-0.4, -0.2) is 56.2 Å². The highest BCUT2D eigenvalue weighted by atomic mass is 16.5. The summed E-state index contributed by atoms with van der Waals surface area (Å²) in [6.07, 6.45) is 2.77. The summed E-state index contributed by atoms with van der Waals surface area (Å²) in [5, 5.41) is 3.13. The van der Waals surface area contributed by atoms with E-state index in [4.69, 9.17) is 9.47 Å². The Kier molecular flexibility index (Phi) is 7.64. The molecule has 0 saturated carbocycles. The molecule has 0 spiro atoms. The van der Waals surface area contributed by atoms with Crippen LogP contribution < -0.4 is 10.1 Å². The van der Waals surface area contributed by atoms with Crippen LogP contribution in [0.3, 0.4) is 0 Å². The first kappa shape index (κ1) is 20.9. The number of rotatable bonds is 8. The highest BCUT2D eigenvalue weighted by molar-refractivity contribution is 5.94.